The van der Waals surface area contributed by atoms with Gasteiger partial charge in [-0.1, -0.05) is 0 Å². The third kappa shape index (κ3) is 29600. The van der Waals surface area contributed by atoms with E-state index in [1.807, 2.05) is 0 Å². The Bertz CT molecular complexity index is 204. The minimum atomic E-state index is -0.833. The Balaban J connectivity index is -0.0000000114. The molecule has 158 valence electrons. The molecular formula is C10H34N2Na2O12. The second kappa shape index (κ2) is 74.0. The number of carboxylic acid groups (broad SMARTS) is 4. The Morgan fingerprint density at radius 3 is 0.577 bits per heavy atom. The van der Waals surface area contributed by atoms with Crippen molar-refractivity contribution in [2.75, 3.05) is 13.1 Å². The van der Waals surface area contributed by atoms with Crippen molar-refractivity contribution in [3.05, 3.63) is 0 Å². The van der Waals surface area contributed by atoms with Gasteiger partial charge in [0.05, 0.1) is 0 Å². The van der Waals surface area contributed by atoms with Gasteiger partial charge in [-0.05, 0) is 0 Å². The van der Waals surface area contributed by atoms with Gasteiger partial charge in [-0.25, -0.2) is 0 Å². The second-order valence-corrected chi connectivity index (χ2v) is 2.65. The molecule has 16 N–H and O–H groups in total. The molecule has 0 unspecified atom stereocenters. The van der Waals surface area contributed by atoms with E-state index in [9.17, 15) is 0 Å². The van der Waals surface area contributed by atoms with Gasteiger partial charge in [-0.15, -0.1) is 0 Å². The first-order chi connectivity index (χ1) is 8.84. The van der Waals surface area contributed by atoms with Crippen LogP contribution in [0.1, 0.15) is 27.7 Å². The van der Waals surface area contributed by atoms with Gasteiger partial charge in [0.25, 0.3) is 23.9 Å². The molecule has 0 aliphatic carbocycles. The summed E-state index contributed by atoms with van der Waals surface area (Å²) in [6.07, 6.45) is 0. The molecule has 0 radical (unpaired) electrons. The number of carbonyl (C=O) groups is 4. The zero-order valence-corrected chi connectivity index (χ0v) is 14.0. The molecule has 26 heavy (non-hydrogen) atoms. The van der Waals surface area contributed by atoms with Crippen molar-refractivity contribution in [3.8, 4) is 0 Å². The average molecular weight is 420 g/mol. The third-order valence-corrected chi connectivity index (χ3v) is 0.167. The van der Waals surface area contributed by atoms with Crippen LogP contribution in [0.2, 0.25) is 0 Å². The summed E-state index contributed by atoms with van der Waals surface area (Å²) in [5.74, 6) is -3.33. The fourth-order valence-corrected chi connectivity index (χ4v) is 0. The van der Waals surface area contributed by atoms with E-state index >= 15 is 0 Å². The molecule has 0 aliphatic heterocycles. The van der Waals surface area contributed by atoms with E-state index in [2.05, 4.69) is 0 Å². The van der Waals surface area contributed by atoms with Crippen LogP contribution in [-0.4, -0.2) is 138 Å². The Hall–Kier alpha value is -0.360. The van der Waals surface area contributed by atoms with E-state index in [1.165, 1.54) is 0 Å². The molecule has 0 fully saturated rings. The van der Waals surface area contributed by atoms with Gasteiger partial charge in [-0.3, -0.25) is 19.2 Å². The van der Waals surface area contributed by atoms with Gasteiger partial charge in [0.2, 0.25) is 0 Å². The van der Waals surface area contributed by atoms with Gasteiger partial charge in [-0.2, -0.15) is 0 Å². The summed E-state index contributed by atoms with van der Waals surface area (Å²) < 4.78 is 0. The van der Waals surface area contributed by atoms with Crippen LogP contribution in [0.25, 0.3) is 0 Å². The minimum absolute atomic E-state index is 0. The molecule has 0 spiro atoms. The van der Waals surface area contributed by atoms with Crippen LogP contribution < -0.4 is 11.5 Å². The summed E-state index contributed by atoms with van der Waals surface area (Å²) >= 11 is 0. The number of rotatable bonds is 1. The predicted molar refractivity (Wildman–Crippen MR) is 100 cm³/mol. The zero-order valence-electron chi connectivity index (χ0n) is 14.0. The van der Waals surface area contributed by atoms with Gasteiger partial charge in [0.1, 0.15) is 0 Å². The molecular weight excluding hydrogens is 386 g/mol. The number of hydrogen-bond donors (Lipinski definition) is 6. The monoisotopic (exact) mass is 420 g/mol. The predicted octanol–water partition coefficient (Wildman–Crippen LogP) is -5.33. The summed E-state index contributed by atoms with van der Waals surface area (Å²) in [5.41, 5.74) is 9.81. The summed E-state index contributed by atoms with van der Waals surface area (Å²) in [6, 6.07) is 0. The van der Waals surface area contributed by atoms with Crippen LogP contribution in [0, 0.1) is 0 Å². The molecule has 0 bridgehead atoms. The number of carboxylic acids is 4. The van der Waals surface area contributed by atoms with Crippen molar-refractivity contribution in [1.82, 2.24) is 0 Å². The van der Waals surface area contributed by atoms with E-state index in [0.29, 0.717) is 13.1 Å². The molecule has 0 heterocycles. The first-order valence-corrected chi connectivity index (χ1v) is 5.03. The van der Waals surface area contributed by atoms with Gasteiger partial charge in [0.15, 0.2) is 0 Å². The molecule has 0 saturated carbocycles. The number of hydrogen-bond acceptors (Lipinski definition) is 6. The van der Waals surface area contributed by atoms with Gasteiger partial charge in [0, 0.05) is 40.8 Å². The summed E-state index contributed by atoms with van der Waals surface area (Å²) in [4.78, 5) is 36.0. The van der Waals surface area contributed by atoms with Crippen LogP contribution >= 0.6 is 0 Å². The van der Waals surface area contributed by atoms with Crippen LogP contribution in [0.15, 0.2) is 0 Å². The van der Waals surface area contributed by atoms with Crippen LogP contribution in [-0.2, 0) is 19.2 Å². The molecule has 0 rings (SSSR count). The Labute approximate surface area is 195 Å². The molecule has 0 amide bonds. The van der Waals surface area contributed by atoms with Crippen molar-refractivity contribution < 1.29 is 61.5 Å². The first kappa shape index (κ1) is 72.6. The molecule has 0 aliphatic rings. The fourth-order valence-electron chi connectivity index (χ4n) is 0. The maximum absolute atomic E-state index is 9.00. The molecule has 14 nitrogen and oxygen atoms in total. The Kier molecular flexibility index (Phi) is 207. The van der Waals surface area contributed by atoms with E-state index in [-0.39, 0.29) is 81.0 Å². The van der Waals surface area contributed by atoms with E-state index in [4.69, 9.17) is 51.1 Å². The molecule has 0 aromatic carbocycles. The summed E-state index contributed by atoms with van der Waals surface area (Å²) in [6.45, 7) is 5.53. The molecule has 0 atom stereocenters. The van der Waals surface area contributed by atoms with E-state index < -0.39 is 23.9 Å². The quantitative estimate of drug-likeness (QED) is 0.218. The first-order valence-electron chi connectivity index (χ1n) is 5.03. The Morgan fingerprint density at radius 1 is 0.538 bits per heavy atom. The van der Waals surface area contributed by atoms with Crippen LogP contribution in [0.5, 0.6) is 0 Å². The molecule has 0 aromatic rings. The second-order valence-electron chi connectivity index (χ2n) is 2.65. The van der Waals surface area contributed by atoms with Gasteiger partial charge >= 0.3 is 59.1 Å². The molecule has 16 heteroatoms. The van der Waals surface area contributed by atoms with Crippen LogP contribution in [0.3, 0.4) is 0 Å². The van der Waals surface area contributed by atoms with E-state index in [1.54, 1.807) is 0 Å². The fraction of sp³-hybridized carbons (Fsp3) is 0.600. The summed E-state index contributed by atoms with van der Waals surface area (Å²) in [5, 5.41) is 29.7. The molecule has 0 aromatic heterocycles. The Morgan fingerprint density at radius 2 is 0.577 bits per heavy atom. The normalized spacial score (nSPS) is 5.00. The van der Waals surface area contributed by atoms with E-state index in [0.717, 1.165) is 27.7 Å². The topological polar surface area (TPSA) is 327 Å². The van der Waals surface area contributed by atoms with Gasteiger partial charge < -0.3 is 53.8 Å². The SMILES string of the molecule is CC(=O)O.CC(=O)O.CC(=O)O.CC(=O)O.NCCN.O.O.O.O.[NaH].[NaH]. The number of nitrogens with two attached hydrogens (primary N) is 2. The van der Waals surface area contributed by atoms with Crippen molar-refractivity contribution in [2.24, 2.45) is 11.5 Å². The maximum atomic E-state index is 9.00. The molecule has 0 saturated heterocycles. The summed E-state index contributed by atoms with van der Waals surface area (Å²) in [7, 11) is 0. The standard InChI is InChI=1S/C2H8N2.4C2H4O2.2Na.4H2O.2H/c3-1-2-4;4*1-2(3)4;;;;;;;;/h1-4H2;4*1H3,(H,3,4);;;4*1H2;;. The van der Waals surface area contributed by atoms with Crippen molar-refractivity contribution in [3.63, 3.8) is 0 Å². The average Bonchev–Trinajstić information content (AvgIpc) is 2.13. The van der Waals surface area contributed by atoms with Crippen molar-refractivity contribution in [1.29, 1.82) is 0 Å². The van der Waals surface area contributed by atoms with Crippen molar-refractivity contribution in [2.45, 2.75) is 27.7 Å². The third-order valence-electron chi connectivity index (χ3n) is 0.167. The zero-order chi connectivity index (χ0) is 17.7. The number of aliphatic carboxylic acids is 4. The van der Waals surface area contributed by atoms with Crippen LogP contribution in [0.4, 0.5) is 0 Å². The van der Waals surface area contributed by atoms with Crippen molar-refractivity contribution >= 4 is 83.0 Å².